The second kappa shape index (κ2) is 16.6. The van der Waals surface area contributed by atoms with Gasteiger partial charge in [-0.25, -0.2) is 9.19 Å². The van der Waals surface area contributed by atoms with Crippen LogP contribution in [0, 0.1) is 11.8 Å². The Bertz CT molecular complexity index is 1720. The zero-order valence-corrected chi connectivity index (χ0v) is 25.5. The van der Waals surface area contributed by atoms with Gasteiger partial charge in [-0.05, 0) is 62.1 Å². The lowest BCUT2D eigenvalue weighted by Gasteiger charge is -2.10. The predicted octanol–water partition coefficient (Wildman–Crippen LogP) is 4.44. The van der Waals surface area contributed by atoms with E-state index in [9.17, 15) is 23.4 Å². The number of hydrogen-bond acceptors (Lipinski definition) is 8. The Hall–Kier alpha value is -5.22. The van der Waals surface area contributed by atoms with E-state index in [0.29, 0.717) is 22.6 Å². The zero-order chi connectivity index (χ0) is 32.8. The SMILES string of the molecule is COc1cccc(NC(=O)c2cccc(C#Cc3cc(C(=O)N=S(=O)(CCCCC(=O)O)CCCCC(=O)O)cnc3N)c2)c1. The number of unbranched alkanes of at least 4 members (excludes halogenated alkanes) is 2. The molecule has 0 aliphatic rings. The number of rotatable bonds is 14. The van der Waals surface area contributed by atoms with Crippen LogP contribution in [-0.4, -0.2) is 61.8 Å². The smallest absolute Gasteiger partial charge is 0.303 e. The minimum atomic E-state index is -3.10. The van der Waals surface area contributed by atoms with E-state index >= 15 is 0 Å². The summed E-state index contributed by atoms with van der Waals surface area (Å²) in [4.78, 5) is 51.6. The average molecular weight is 635 g/mol. The number of anilines is 2. The van der Waals surface area contributed by atoms with Crippen molar-refractivity contribution in [1.82, 2.24) is 4.98 Å². The average Bonchev–Trinajstić information content (AvgIpc) is 3.01. The summed E-state index contributed by atoms with van der Waals surface area (Å²) in [6, 6.07) is 14.9. The van der Waals surface area contributed by atoms with Gasteiger partial charge in [0, 0.05) is 53.4 Å². The molecule has 0 bridgehead atoms. The van der Waals surface area contributed by atoms with Crippen molar-refractivity contribution in [1.29, 1.82) is 0 Å². The van der Waals surface area contributed by atoms with Gasteiger partial charge < -0.3 is 26.0 Å². The molecule has 0 fully saturated rings. The number of pyridine rings is 1. The Balaban J connectivity index is 1.80. The molecule has 13 heteroatoms. The number of carbonyl (C=O) groups is 4. The number of amides is 2. The van der Waals surface area contributed by atoms with Crippen LogP contribution in [0.3, 0.4) is 0 Å². The molecule has 1 aromatic heterocycles. The number of hydrogen-bond donors (Lipinski definition) is 4. The van der Waals surface area contributed by atoms with Crippen molar-refractivity contribution >= 4 is 45.0 Å². The van der Waals surface area contributed by atoms with E-state index in [1.165, 1.54) is 19.4 Å². The molecule has 45 heavy (non-hydrogen) atoms. The lowest BCUT2D eigenvalue weighted by Crippen LogP contribution is -2.15. The van der Waals surface area contributed by atoms with E-state index in [1.807, 2.05) is 0 Å². The van der Waals surface area contributed by atoms with Crippen LogP contribution in [0.1, 0.15) is 70.4 Å². The first kappa shape index (κ1) is 34.3. The number of nitrogens with two attached hydrogens (primary N) is 1. The maximum Gasteiger partial charge on any atom is 0.303 e. The summed E-state index contributed by atoms with van der Waals surface area (Å²) in [6.07, 6.45) is 2.05. The Morgan fingerprint density at radius 1 is 0.911 bits per heavy atom. The molecule has 2 amide bonds. The molecule has 3 aromatic rings. The minimum absolute atomic E-state index is 0.00344. The molecule has 5 N–H and O–H groups in total. The van der Waals surface area contributed by atoms with Crippen molar-refractivity contribution < 1.29 is 38.3 Å². The highest BCUT2D eigenvalue weighted by molar-refractivity contribution is 7.93. The number of aromatic nitrogens is 1. The van der Waals surface area contributed by atoms with Crippen LogP contribution in [0.4, 0.5) is 11.5 Å². The second-order valence-electron chi connectivity index (χ2n) is 9.95. The molecule has 2 aromatic carbocycles. The van der Waals surface area contributed by atoms with Crippen LogP contribution in [0.2, 0.25) is 0 Å². The molecule has 1 heterocycles. The number of nitrogen functional groups attached to an aromatic ring is 1. The van der Waals surface area contributed by atoms with Crippen molar-refractivity contribution in [2.45, 2.75) is 38.5 Å². The highest BCUT2D eigenvalue weighted by Gasteiger charge is 2.16. The van der Waals surface area contributed by atoms with Crippen molar-refractivity contribution in [3.63, 3.8) is 0 Å². The molecule has 236 valence electrons. The number of nitrogens with one attached hydrogen (secondary N) is 1. The number of carboxylic acid groups (broad SMARTS) is 2. The zero-order valence-electron chi connectivity index (χ0n) is 24.7. The summed E-state index contributed by atoms with van der Waals surface area (Å²) >= 11 is 0. The molecule has 0 aliphatic heterocycles. The summed E-state index contributed by atoms with van der Waals surface area (Å²) in [5, 5.41) is 20.6. The minimum Gasteiger partial charge on any atom is -0.497 e. The summed E-state index contributed by atoms with van der Waals surface area (Å²) in [5.74, 6) is 3.29. The summed E-state index contributed by atoms with van der Waals surface area (Å²) < 4.78 is 22.7. The lowest BCUT2D eigenvalue weighted by atomic mass is 10.1. The monoisotopic (exact) mass is 634 g/mol. The third-order valence-corrected chi connectivity index (χ3v) is 8.77. The molecule has 0 radical (unpaired) electrons. The molecule has 0 aliphatic carbocycles. The van der Waals surface area contributed by atoms with Gasteiger partial charge >= 0.3 is 11.9 Å². The molecule has 0 atom stereocenters. The van der Waals surface area contributed by atoms with Crippen LogP contribution in [-0.2, 0) is 19.3 Å². The topological polar surface area (TPSA) is 198 Å². The number of carbonyl (C=O) groups excluding carboxylic acids is 2. The van der Waals surface area contributed by atoms with Gasteiger partial charge in [-0.1, -0.05) is 24.0 Å². The molecule has 0 unspecified atom stereocenters. The highest BCUT2D eigenvalue weighted by Crippen LogP contribution is 2.18. The molecule has 0 saturated carbocycles. The molecule has 12 nitrogen and oxygen atoms in total. The number of aliphatic carboxylic acids is 2. The number of ether oxygens (including phenoxy) is 1. The first-order chi connectivity index (χ1) is 21.5. The van der Waals surface area contributed by atoms with Gasteiger partial charge in [0.05, 0.1) is 28.0 Å². The largest absolute Gasteiger partial charge is 0.497 e. The van der Waals surface area contributed by atoms with Gasteiger partial charge in [0.2, 0.25) is 0 Å². The molecule has 0 spiro atoms. The van der Waals surface area contributed by atoms with Crippen LogP contribution in [0.25, 0.3) is 0 Å². The van der Waals surface area contributed by atoms with Gasteiger partial charge in [-0.15, -0.1) is 0 Å². The standard InChI is InChI=1S/C32H34N4O8S/c1-44-27-11-7-10-26(20-27)35-31(41)24-9-6-8-22(18-24)14-15-23-19-25(21-34-30(23)33)32(42)36-45(43,16-4-2-12-28(37)38)17-5-3-13-29(39)40/h6-11,18-21H,2-5,12-13,16-17H2,1H3,(H2,33,34)(H,35,41)(H,37,38)(H,39,40). The maximum atomic E-state index is 13.6. The van der Waals surface area contributed by atoms with Crippen LogP contribution in [0.5, 0.6) is 5.75 Å². The maximum absolute atomic E-state index is 13.6. The Kier molecular flexibility index (Phi) is 12.6. The number of nitrogens with zero attached hydrogens (tertiary/aromatic N) is 2. The first-order valence-electron chi connectivity index (χ1n) is 14.0. The molecule has 3 rings (SSSR count). The predicted molar refractivity (Wildman–Crippen MR) is 170 cm³/mol. The fourth-order valence-corrected chi connectivity index (χ4v) is 6.18. The molecular formula is C32H34N4O8S. The van der Waals surface area contributed by atoms with Crippen LogP contribution >= 0.6 is 0 Å². The van der Waals surface area contributed by atoms with Crippen molar-refractivity contribution in [3.05, 3.63) is 83.0 Å². The number of methoxy groups -OCH3 is 1. The van der Waals surface area contributed by atoms with Gasteiger partial charge in [0.15, 0.2) is 0 Å². The van der Waals surface area contributed by atoms with Crippen LogP contribution < -0.4 is 15.8 Å². The number of carboxylic acids is 2. The van der Waals surface area contributed by atoms with E-state index in [-0.39, 0.29) is 72.9 Å². The lowest BCUT2D eigenvalue weighted by molar-refractivity contribution is -0.138. The highest BCUT2D eigenvalue weighted by atomic mass is 32.2. The van der Waals surface area contributed by atoms with E-state index in [2.05, 4.69) is 26.5 Å². The van der Waals surface area contributed by atoms with Gasteiger partial charge in [0.1, 0.15) is 11.6 Å². The quantitative estimate of drug-likeness (QED) is 0.145. The van der Waals surface area contributed by atoms with E-state index < -0.39 is 27.6 Å². The molecule has 0 saturated heterocycles. The second-order valence-corrected chi connectivity index (χ2v) is 12.5. The summed E-state index contributed by atoms with van der Waals surface area (Å²) in [5.41, 5.74) is 7.64. The normalized spacial score (nSPS) is 10.7. The Morgan fingerprint density at radius 2 is 1.58 bits per heavy atom. The van der Waals surface area contributed by atoms with Gasteiger partial charge in [-0.2, -0.15) is 4.36 Å². The third-order valence-electron chi connectivity index (χ3n) is 6.42. The van der Waals surface area contributed by atoms with Crippen molar-refractivity contribution in [2.24, 2.45) is 4.36 Å². The van der Waals surface area contributed by atoms with Crippen molar-refractivity contribution in [3.8, 4) is 17.6 Å². The third kappa shape index (κ3) is 11.4. The summed E-state index contributed by atoms with van der Waals surface area (Å²) in [6.45, 7) is 0. The van der Waals surface area contributed by atoms with E-state index in [0.717, 1.165) is 0 Å². The first-order valence-corrected chi connectivity index (χ1v) is 15.9. The fourth-order valence-electron chi connectivity index (χ4n) is 4.08. The van der Waals surface area contributed by atoms with Crippen molar-refractivity contribution in [2.75, 3.05) is 29.7 Å². The van der Waals surface area contributed by atoms with Gasteiger partial charge in [0.25, 0.3) is 11.8 Å². The fraction of sp³-hybridized carbons (Fsp3) is 0.281. The van der Waals surface area contributed by atoms with Crippen LogP contribution in [0.15, 0.2) is 65.2 Å². The van der Waals surface area contributed by atoms with E-state index in [1.54, 1.807) is 48.5 Å². The Labute approximate surface area is 261 Å². The Morgan fingerprint density at radius 3 is 2.22 bits per heavy atom. The number of benzene rings is 2. The molecular weight excluding hydrogens is 600 g/mol. The van der Waals surface area contributed by atoms with E-state index in [4.69, 9.17) is 20.7 Å². The summed E-state index contributed by atoms with van der Waals surface area (Å²) in [7, 11) is -1.57. The van der Waals surface area contributed by atoms with Gasteiger partial charge in [-0.3, -0.25) is 19.2 Å².